The van der Waals surface area contributed by atoms with Crippen LogP contribution >= 0.6 is 21.6 Å². The summed E-state index contributed by atoms with van der Waals surface area (Å²) in [5, 5.41) is 4.92. The van der Waals surface area contributed by atoms with Gasteiger partial charge < -0.3 is 24.9 Å². The number of ether oxygens (including phenoxy) is 1. The summed E-state index contributed by atoms with van der Waals surface area (Å²) in [5.74, 6) is 1.07. The Hall–Kier alpha value is -4.38. The van der Waals surface area contributed by atoms with Crippen molar-refractivity contribution in [1.29, 1.82) is 0 Å². The maximum Gasteiger partial charge on any atom is 0.432 e. The normalized spacial score (nSPS) is 15.4. The van der Waals surface area contributed by atoms with E-state index >= 15 is 0 Å². The van der Waals surface area contributed by atoms with Crippen molar-refractivity contribution in [2.24, 2.45) is 7.05 Å². The molecule has 1 aliphatic rings. The Kier molecular flexibility index (Phi) is 8.07. The van der Waals surface area contributed by atoms with Gasteiger partial charge in [0.1, 0.15) is 22.9 Å². The first-order valence-electron chi connectivity index (χ1n) is 13.2. The molecule has 1 unspecified atom stereocenters. The molecule has 17 heteroatoms. The lowest BCUT2D eigenvalue weighted by atomic mass is 10.1. The van der Waals surface area contributed by atoms with Gasteiger partial charge in [0.05, 0.1) is 33.7 Å². The number of pyridine rings is 1. The Labute approximate surface area is 258 Å². The van der Waals surface area contributed by atoms with Crippen LogP contribution in [0.15, 0.2) is 60.9 Å². The molecule has 0 aliphatic carbocycles. The SMILES string of the molecule is Cn1c(Nc2ccc(NC(=O)C3CCSS3)c(C(F)(F)F)c2)nc2cc(Oc3ccnc(-c4ncc(C(F)(F)F)[nH]4)c3)ccc21. The number of hydrogen-bond acceptors (Lipinski definition) is 8. The highest BCUT2D eigenvalue weighted by molar-refractivity contribution is 8.77. The Morgan fingerprint density at radius 3 is 2.53 bits per heavy atom. The molecule has 0 saturated carbocycles. The number of imidazole rings is 2. The van der Waals surface area contributed by atoms with Crippen molar-refractivity contribution in [3.63, 3.8) is 0 Å². The predicted octanol–water partition coefficient (Wildman–Crippen LogP) is 8.02. The number of halogens is 6. The van der Waals surface area contributed by atoms with Crippen LogP contribution in [-0.2, 0) is 24.2 Å². The molecule has 9 nitrogen and oxygen atoms in total. The molecule has 0 bridgehead atoms. The van der Waals surface area contributed by atoms with E-state index in [1.165, 1.54) is 52.1 Å². The van der Waals surface area contributed by atoms with Gasteiger partial charge in [0.15, 0.2) is 5.82 Å². The number of carbonyl (C=O) groups is 1. The van der Waals surface area contributed by atoms with Crippen molar-refractivity contribution in [2.75, 3.05) is 16.4 Å². The fourth-order valence-electron chi connectivity index (χ4n) is 4.51. The third-order valence-corrected chi connectivity index (χ3v) is 9.55. The number of rotatable bonds is 7. The average molecular weight is 666 g/mol. The van der Waals surface area contributed by atoms with Crippen LogP contribution in [-0.4, -0.2) is 41.4 Å². The summed E-state index contributed by atoms with van der Waals surface area (Å²) in [6, 6.07) is 11.4. The molecule has 1 amide bonds. The van der Waals surface area contributed by atoms with Crippen molar-refractivity contribution in [2.45, 2.75) is 24.0 Å². The molecule has 6 rings (SSSR count). The van der Waals surface area contributed by atoms with Crippen LogP contribution in [0.1, 0.15) is 17.7 Å². The largest absolute Gasteiger partial charge is 0.457 e. The number of alkyl halides is 6. The van der Waals surface area contributed by atoms with Gasteiger partial charge in [0.2, 0.25) is 11.9 Å². The topological polar surface area (TPSA) is 110 Å². The van der Waals surface area contributed by atoms with Gasteiger partial charge >= 0.3 is 12.4 Å². The summed E-state index contributed by atoms with van der Waals surface area (Å²) in [4.78, 5) is 27.0. The lowest BCUT2D eigenvalue weighted by Gasteiger charge is -2.17. The molecule has 1 atom stereocenters. The molecule has 5 aromatic rings. The molecule has 3 N–H and O–H groups in total. The Morgan fingerprint density at radius 2 is 1.82 bits per heavy atom. The lowest BCUT2D eigenvalue weighted by Crippen LogP contribution is -2.25. The molecule has 0 radical (unpaired) electrons. The Morgan fingerprint density at radius 1 is 1.02 bits per heavy atom. The molecule has 234 valence electrons. The van der Waals surface area contributed by atoms with Crippen molar-refractivity contribution in [1.82, 2.24) is 24.5 Å². The average Bonchev–Trinajstić information content (AvgIpc) is 3.75. The van der Waals surface area contributed by atoms with E-state index in [2.05, 4.69) is 30.6 Å². The van der Waals surface area contributed by atoms with Gasteiger partial charge in [0, 0.05) is 36.8 Å². The van der Waals surface area contributed by atoms with Crippen molar-refractivity contribution in [3.8, 4) is 23.0 Å². The van der Waals surface area contributed by atoms with Gasteiger partial charge in [0.25, 0.3) is 0 Å². The monoisotopic (exact) mass is 665 g/mol. The maximum absolute atomic E-state index is 14.0. The van der Waals surface area contributed by atoms with Gasteiger partial charge in [-0.05, 0) is 42.8 Å². The van der Waals surface area contributed by atoms with E-state index in [1.807, 2.05) is 0 Å². The molecular formula is C28H21F6N7O2S2. The molecule has 0 spiro atoms. The van der Waals surface area contributed by atoms with Crippen LogP contribution < -0.4 is 15.4 Å². The molecule has 3 aromatic heterocycles. The van der Waals surface area contributed by atoms with E-state index in [4.69, 9.17) is 4.74 Å². The van der Waals surface area contributed by atoms with Gasteiger partial charge in [-0.25, -0.2) is 9.97 Å². The van der Waals surface area contributed by atoms with Gasteiger partial charge in [-0.2, -0.15) is 26.3 Å². The number of H-pyrrole nitrogens is 1. The zero-order chi connectivity index (χ0) is 31.9. The van der Waals surface area contributed by atoms with Crippen molar-refractivity contribution in [3.05, 3.63) is 72.2 Å². The minimum Gasteiger partial charge on any atom is -0.457 e. The van der Waals surface area contributed by atoms with Crippen LogP contribution in [0.2, 0.25) is 0 Å². The summed E-state index contributed by atoms with van der Waals surface area (Å²) >= 11 is 0. The molecule has 1 aliphatic heterocycles. The van der Waals surface area contributed by atoms with E-state index in [-0.39, 0.29) is 34.6 Å². The van der Waals surface area contributed by atoms with E-state index in [0.717, 1.165) is 11.8 Å². The highest BCUT2D eigenvalue weighted by Gasteiger charge is 2.36. The summed E-state index contributed by atoms with van der Waals surface area (Å²) < 4.78 is 88.2. The standard InChI is InChI=1S/C28H21F6N7O2S2/c1-41-21-5-3-15(43-16-6-8-35-20(12-16)24-36-13-23(40-24)28(32,33)34)11-19(21)39-26(41)37-14-2-4-18(17(10-14)27(29,30)31)38-25(42)22-7-9-44-45-22/h2-6,8,10-13,22H,7,9H2,1H3,(H,36,40)(H,37,39)(H,38,42). The number of benzene rings is 2. The maximum atomic E-state index is 14.0. The fourth-order valence-corrected chi connectivity index (χ4v) is 7.23. The minimum absolute atomic E-state index is 0.0836. The van der Waals surface area contributed by atoms with Crippen LogP contribution in [0, 0.1) is 0 Å². The lowest BCUT2D eigenvalue weighted by molar-refractivity contribution is -0.141. The number of nitrogens with zero attached hydrogens (tertiary/aromatic N) is 4. The number of fused-ring (bicyclic) bond motifs is 1. The number of aromatic nitrogens is 5. The second-order valence-electron chi connectivity index (χ2n) is 9.83. The number of amides is 1. The fraction of sp³-hybridized carbons (Fsp3) is 0.214. The number of aryl methyl sites for hydroxylation is 1. The number of aromatic amines is 1. The third-order valence-electron chi connectivity index (χ3n) is 6.72. The zero-order valence-corrected chi connectivity index (χ0v) is 24.6. The number of nitrogens with one attached hydrogen (secondary N) is 3. The van der Waals surface area contributed by atoms with Crippen LogP contribution in [0.5, 0.6) is 11.5 Å². The minimum atomic E-state index is -4.72. The second kappa shape index (κ2) is 11.8. The predicted molar refractivity (Wildman–Crippen MR) is 159 cm³/mol. The number of anilines is 3. The summed E-state index contributed by atoms with van der Waals surface area (Å²) in [6.45, 7) is 0. The Balaban J connectivity index is 1.21. The highest BCUT2D eigenvalue weighted by Crippen LogP contribution is 2.41. The van der Waals surface area contributed by atoms with Crippen molar-refractivity contribution >= 4 is 55.9 Å². The van der Waals surface area contributed by atoms with Crippen LogP contribution in [0.25, 0.3) is 22.6 Å². The molecule has 1 saturated heterocycles. The van der Waals surface area contributed by atoms with Crippen LogP contribution in [0.4, 0.5) is 43.7 Å². The molecule has 1 fully saturated rings. The second-order valence-corrected chi connectivity index (χ2v) is 12.5. The molecule has 2 aromatic carbocycles. The summed E-state index contributed by atoms with van der Waals surface area (Å²) in [6.07, 6.45) is -6.68. The first kappa shape index (κ1) is 30.6. The van der Waals surface area contributed by atoms with Crippen molar-refractivity contribution < 1.29 is 35.9 Å². The number of carbonyl (C=O) groups excluding carboxylic acids is 1. The number of hydrogen-bond donors (Lipinski definition) is 3. The Bertz CT molecular complexity index is 1880. The molecular weight excluding hydrogens is 644 g/mol. The quantitative estimate of drug-likeness (QED) is 0.118. The third kappa shape index (κ3) is 6.68. The molecule has 45 heavy (non-hydrogen) atoms. The van der Waals surface area contributed by atoms with E-state index in [9.17, 15) is 31.1 Å². The van der Waals surface area contributed by atoms with Gasteiger partial charge in [-0.1, -0.05) is 21.6 Å². The summed E-state index contributed by atoms with van der Waals surface area (Å²) in [7, 11) is 4.54. The smallest absolute Gasteiger partial charge is 0.432 e. The van der Waals surface area contributed by atoms with Gasteiger partial charge in [-0.15, -0.1) is 0 Å². The van der Waals surface area contributed by atoms with Gasteiger partial charge in [-0.3, -0.25) is 9.78 Å². The first-order chi connectivity index (χ1) is 21.3. The highest BCUT2D eigenvalue weighted by atomic mass is 33.1. The van der Waals surface area contributed by atoms with E-state index in [1.54, 1.807) is 29.8 Å². The van der Waals surface area contributed by atoms with E-state index in [0.29, 0.717) is 29.4 Å². The first-order valence-corrected chi connectivity index (χ1v) is 15.5. The van der Waals surface area contributed by atoms with E-state index < -0.39 is 34.8 Å². The summed E-state index contributed by atoms with van der Waals surface area (Å²) in [5.41, 5.74) is -0.987. The van der Waals surface area contributed by atoms with Crippen LogP contribution in [0.3, 0.4) is 0 Å². The molecule has 4 heterocycles. The zero-order valence-electron chi connectivity index (χ0n) is 23.0.